The van der Waals surface area contributed by atoms with E-state index in [4.69, 9.17) is 9.88 Å². The number of benzene rings is 1. The van der Waals surface area contributed by atoms with Gasteiger partial charge in [0.2, 0.25) is 0 Å². The highest BCUT2D eigenvalue weighted by Gasteiger charge is 2.31. The summed E-state index contributed by atoms with van der Waals surface area (Å²) in [7, 11) is -1.45. The fourth-order valence-corrected chi connectivity index (χ4v) is 2.79. The zero-order chi connectivity index (χ0) is 16.6. The van der Waals surface area contributed by atoms with Gasteiger partial charge in [0.25, 0.3) is 0 Å². The minimum atomic E-state index is -1.45. The third kappa shape index (κ3) is 4.21. The first-order chi connectivity index (χ1) is 10.9. The smallest absolute Gasteiger partial charge is 0.165 e. The molecule has 0 amide bonds. The van der Waals surface area contributed by atoms with Crippen molar-refractivity contribution in [1.82, 2.24) is 0 Å². The number of allylic oxidation sites excluding steroid dienone is 1. The van der Waals surface area contributed by atoms with E-state index in [0.29, 0.717) is 24.2 Å². The fraction of sp³-hybridized carbons (Fsp3) is 0.556. The van der Waals surface area contributed by atoms with Crippen molar-refractivity contribution in [3.63, 3.8) is 0 Å². The molecule has 3 nitrogen and oxygen atoms in total. The van der Waals surface area contributed by atoms with Crippen molar-refractivity contribution in [2.75, 3.05) is 6.61 Å². The molecule has 2 fully saturated rings. The van der Waals surface area contributed by atoms with Gasteiger partial charge in [-0.15, -0.1) is 0 Å². The van der Waals surface area contributed by atoms with E-state index in [1.165, 1.54) is 18.9 Å². The lowest BCUT2D eigenvalue weighted by Crippen LogP contribution is -2.30. The molecule has 0 saturated heterocycles. The first-order valence-corrected chi connectivity index (χ1v) is 9.40. The molecular formula is C18H24FNO2S. The molecule has 2 saturated carbocycles. The van der Waals surface area contributed by atoms with Crippen LogP contribution in [0.25, 0.3) is 5.57 Å². The van der Waals surface area contributed by atoms with Gasteiger partial charge in [-0.3, -0.25) is 5.14 Å². The van der Waals surface area contributed by atoms with Gasteiger partial charge in [0, 0.05) is 0 Å². The Morgan fingerprint density at radius 3 is 2.65 bits per heavy atom. The summed E-state index contributed by atoms with van der Waals surface area (Å²) in [5, 5.41) is 5.60. The Balaban J connectivity index is 1.88. The van der Waals surface area contributed by atoms with Crippen molar-refractivity contribution in [3.8, 4) is 5.75 Å². The van der Waals surface area contributed by atoms with Crippen molar-refractivity contribution in [3.05, 3.63) is 35.7 Å². The van der Waals surface area contributed by atoms with Crippen LogP contribution in [0.4, 0.5) is 4.39 Å². The second-order valence-electron chi connectivity index (χ2n) is 7.17. The van der Waals surface area contributed by atoms with Crippen LogP contribution < -0.4 is 9.88 Å². The molecule has 1 aromatic rings. The van der Waals surface area contributed by atoms with E-state index >= 15 is 0 Å². The van der Waals surface area contributed by atoms with Crippen LogP contribution in [0.3, 0.4) is 0 Å². The van der Waals surface area contributed by atoms with Gasteiger partial charge in [0.15, 0.2) is 11.6 Å². The van der Waals surface area contributed by atoms with Crippen LogP contribution in [0, 0.1) is 17.7 Å². The predicted octanol–water partition coefficient (Wildman–Crippen LogP) is 3.81. The number of nitrogens with two attached hydrogens (primary N) is 1. The maximum Gasteiger partial charge on any atom is 0.165 e. The highest BCUT2D eigenvalue weighted by Crippen LogP contribution is 2.44. The van der Waals surface area contributed by atoms with E-state index in [1.54, 1.807) is 12.1 Å². The highest BCUT2D eigenvalue weighted by atomic mass is 32.2. The molecule has 0 bridgehead atoms. The molecule has 1 aromatic carbocycles. The lowest BCUT2D eigenvalue weighted by atomic mass is 9.97. The summed E-state index contributed by atoms with van der Waals surface area (Å²) in [6, 6.07) is 5.01. The van der Waals surface area contributed by atoms with Crippen LogP contribution in [0.15, 0.2) is 24.3 Å². The van der Waals surface area contributed by atoms with Gasteiger partial charge in [0.05, 0.1) is 22.3 Å². The maximum atomic E-state index is 14.0. The van der Waals surface area contributed by atoms with Crippen molar-refractivity contribution in [2.24, 2.45) is 17.0 Å². The van der Waals surface area contributed by atoms with Crippen LogP contribution in [-0.4, -0.2) is 15.6 Å². The molecule has 1 unspecified atom stereocenters. The summed E-state index contributed by atoms with van der Waals surface area (Å²) in [5.41, 5.74) is 2.04. The van der Waals surface area contributed by atoms with Crippen molar-refractivity contribution in [2.45, 2.75) is 44.3 Å². The third-order valence-electron chi connectivity index (χ3n) is 4.47. The van der Waals surface area contributed by atoms with Crippen LogP contribution in [0.2, 0.25) is 0 Å². The molecular weight excluding hydrogens is 313 g/mol. The quantitative estimate of drug-likeness (QED) is 0.822. The number of halogens is 1. The van der Waals surface area contributed by atoms with Crippen LogP contribution in [-0.2, 0) is 11.0 Å². The van der Waals surface area contributed by atoms with E-state index in [1.807, 2.05) is 19.9 Å². The largest absolute Gasteiger partial charge is 0.490 e. The van der Waals surface area contributed by atoms with E-state index in [-0.39, 0.29) is 5.82 Å². The van der Waals surface area contributed by atoms with Gasteiger partial charge < -0.3 is 4.74 Å². The summed E-state index contributed by atoms with van der Waals surface area (Å²) in [5.74, 6) is 1.01. The summed E-state index contributed by atoms with van der Waals surface area (Å²) < 4.78 is 30.7. The second-order valence-corrected chi connectivity index (χ2v) is 8.82. The molecule has 1 atom stereocenters. The Morgan fingerprint density at radius 2 is 2.09 bits per heavy atom. The van der Waals surface area contributed by atoms with E-state index in [9.17, 15) is 8.60 Å². The number of hydrogen-bond donors (Lipinski definition) is 1. The van der Waals surface area contributed by atoms with E-state index in [0.717, 1.165) is 24.0 Å². The summed E-state index contributed by atoms with van der Waals surface area (Å²) in [6.45, 7) is 4.31. The van der Waals surface area contributed by atoms with Crippen LogP contribution in [0.5, 0.6) is 5.75 Å². The molecule has 126 valence electrons. The topological polar surface area (TPSA) is 52.3 Å². The van der Waals surface area contributed by atoms with E-state index < -0.39 is 15.7 Å². The number of hydrogen-bond acceptors (Lipinski definition) is 2. The van der Waals surface area contributed by atoms with E-state index in [2.05, 4.69) is 0 Å². The Morgan fingerprint density at radius 1 is 1.39 bits per heavy atom. The van der Waals surface area contributed by atoms with Gasteiger partial charge in [0.1, 0.15) is 0 Å². The summed E-state index contributed by atoms with van der Waals surface area (Å²) in [4.78, 5) is 0. The SMILES string of the molecule is CC(C)(C=C(c1ccc(F)c(OCC2CC2)c1)C1CC1)S(N)=O. The zero-order valence-electron chi connectivity index (χ0n) is 13.7. The summed E-state index contributed by atoms with van der Waals surface area (Å²) in [6.07, 6.45) is 6.54. The Bertz CT molecular complexity index is 648. The molecule has 2 N–H and O–H groups in total. The minimum absolute atomic E-state index is 0.313. The molecule has 0 aliphatic heterocycles. The van der Waals surface area contributed by atoms with Gasteiger partial charge in [-0.2, -0.15) is 0 Å². The van der Waals surface area contributed by atoms with Gasteiger partial charge in [-0.25, -0.2) is 8.60 Å². The number of ether oxygens (including phenoxy) is 1. The molecule has 5 heteroatoms. The first kappa shape index (κ1) is 16.7. The monoisotopic (exact) mass is 337 g/mol. The Hall–Kier alpha value is -1.20. The fourth-order valence-electron chi connectivity index (χ4n) is 2.55. The van der Waals surface area contributed by atoms with Crippen LogP contribution in [0.1, 0.15) is 45.1 Å². The molecule has 3 rings (SSSR count). The average molecular weight is 337 g/mol. The zero-order valence-corrected chi connectivity index (χ0v) is 14.5. The second kappa shape index (κ2) is 6.36. The molecule has 2 aliphatic carbocycles. The highest BCUT2D eigenvalue weighted by molar-refractivity contribution is 7.84. The van der Waals surface area contributed by atoms with Crippen molar-refractivity contribution >= 4 is 16.6 Å². The average Bonchev–Trinajstić information content (AvgIpc) is 3.37. The third-order valence-corrected chi connectivity index (χ3v) is 5.63. The van der Waals surface area contributed by atoms with Gasteiger partial charge >= 0.3 is 0 Å². The molecule has 0 spiro atoms. The molecule has 0 radical (unpaired) electrons. The maximum absolute atomic E-state index is 14.0. The Labute approximate surface area is 139 Å². The normalized spacial score (nSPS) is 20.4. The lowest BCUT2D eigenvalue weighted by molar-refractivity contribution is 0.285. The van der Waals surface area contributed by atoms with Crippen molar-refractivity contribution < 1.29 is 13.3 Å². The Kier molecular flexibility index (Phi) is 4.61. The van der Waals surface area contributed by atoms with Crippen molar-refractivity contribution in [1.29, 1.82) is 0 Å². The molecule has 2 aliphatic rings. The first-order valence-electron chi connectivity index (χ1n) is 8.18. The van der Waals surface area contributed by atoms with Crippen LogP contribution >= 0.6 is 0 Å². The van der Waals surface area contributed by atoms with Gasteiger partial charge in [-0.05, 0) is 74.6 Å². The minimum Gasteiger partial charge on any atom is -0.490 e. The molecule has 0 aromatic heterocycles. The predicted molar refractivity (Wildman–Crippen MR) is 91.7 cm³/mol. The lowest BCUT2D eigenvalue weighted by Gasteiger charge is -2.20. The number of rotatable bonds is 7. The molecule has 23 heavy (non-hydrogen) atoms. The summed E-state index contributed by atoms with van der Waals surface area (Å²) >= 11 is 0. The molecule has 0 heterocycles. The van der Waals surface area contributed by atoms with Gasteiger partial charge in [-0.1, -0.05) is 12.1 Å². The standard InChI is InChI=1S/C18H24FNO2S/c1-18(2,23(20)21)10-15(13-5-6-13)14-7-8-16(19)17(9-14)22-11-12-3-4-12/h7-10,12-13H,3-6,11,20H2,1-2H3.